The number of carbonyl (C=O) groups is 1. The number of phenolic OH excluding ortho intramolecular Hbond substituents is 1. The number of ether oxygens (including phenoxy) is 1. The van der Waals surface area contributed by atoms with Crippen molar-refractivity contribution < 1.29 is 23.4 Å². The first-order chi connectivity index (χ1) is 14.6. The molecule has 0 fully saturated rings. The number of aromatic nitrogens is 2. The van der Waals surface area contributed by atoms with Crippen LogP contribution in [0.5, 0.6) is 11.5 Å². The van der Waals surface area contributed by atoms with Crippen LogP contribution in [0.15, 0.2) is 24.3 Å². The molecule has 0 aliphatic carbocycles. The lowest BCUT2D eigenvalue weighted by atomic mass is 9.86. The molecule has 31 heavy (non-hydrogen) atoms. The van der Waals surface area contributed by atoms with Gasteiger partial charge in [0, 0.05) is 29.7 Å². The van der Waals surface area contributed by atoms with Crippen molar-refractivity contribution in [3.63, 3.8) is 0 Å². The Morgan fingerprint density at radius 1 is 1.13 bits per heavy atom. The van der Waals surface area contributed by atoms with E-state index in [1.54, 1.807) is 6.92 Å². The number of aromatic hydroxyl groups is 1. The highest BCUT2D eigenvalue weighted by Crippen LogP contribution is 2.43. The average Bonchev–Trinajstić information content (AvgIpc) is 3.18. The fraction of sp³-hybridized carbons (Fsp3) is 0.304. The number of hydrogen-bond donors (Lipinski definition) is 3. The highest BCUT2D eigenvalue weighted by atomic mass is 19.1. The Labute approximate surface area is 178 Å². The Balaban J connectivity index is 1.57. The van der Waals surface area contributed by atoms with E-state index in [0.29, 0.717) is 24.3 Å². The summed E-state index contributed by atoms with van der Waals surface area (Å²) in [6, 6.07) is 4.64. The van der Waals surface area contributed by atoms with Crippen LogP contribution in [0.4, 0.5) is 14.6 Å². The molecule has 0 radical (unpaired) electrons. The van der Waals surface area contributed by atoms with E-state index in [-0.39, 0.29) is 23.0 Å². The number of rotatable bonds is 3. The summed E-state index contributed by atoms with van der Waals surface area (Å²) in [5.74, 6) is -0.701. The van der Waals surface area contributed by atoms with E-state index in [4.69, 9.17) is 4.74 Å². The molecule has 1 unspecified atom stereocenters. The zero-order chi connectivity index (χ0) is 22.5. The number of halogens is 2. The van der Waals surface area contributed by atoms with Crippen molar-refractivity contribution in [2.75, 3.05) is 5.32 Å². The minimum atomic E-state index is -1.14. The van der Waals surface area contributed by atoms with Gasteiger partial charge in [0.25, 0.3) is 5.91 Å². The van der Waals surface area contributed by atoms with Crippen LogP contribution < -0.4 is 10.1 Å². The molecule has 2 aromatic carbocycles. The summed E-state index contributed by atoms with van der Waals surface area (Å²) in [5.41, 5.74) is 2.69. The van der Waals surface area contributed by atoms with Gasteiger partial charge in [0.15, 0.2) is 11.4 Å². The molecule has 0 spiro atoms. The molecular weight excluding hydrogens is 404 g/mol. The summed E-state index contributed by atoms with van der Waals surface area (Å²) >= 11 is 0. The molecule has 1 aromatic heterocycles. The summed E-state index contributed by atoms with van der Waals surface area (Å²) in [4.78, 5) is 13.0. The summed E-state index contributed by atoms with van der Waals surface area (Å²) in [7, 11) is 0. The molecule has 0 saturated heterocycles. The molecule has 2 heterocycles. The highest BCUT2D eigenvalue weighted by molar-refractivity contribution is 5.97. The van der Waals surface area contributed by atoms with Gasteiger partial charge in [-0.25, -0.2) is 8.78 Å². The Hall–Kier alpha value is -3.42. The number of fused-ring (bicyclic) bond motifs is 1. The molecule has 4 rings (SSSR count). The van der Waals surface area contributed by atoms with E-state index in [1.807, 2.05) is 20.8 Å². The van der Waals surface area contributed by atoms with Gasteiger partial charge in [-0.15, -0.1) is 0 Å². The number of phenols is 1. The second kappa shape index (κ2) is 7.37. The molecule has 1 aliphatic rings. The lowest BCUT2D eigenvalue weighted by Gasteiger charge is -2.36. The number of hydrogen-bond acceptors (Lipinski definition) is 4. The number of benzene rings is 2. The number of nitrogens with one attached hydrogen (secondary N) is 2. The normalized spacial score (nSPS) is 17.7. The molecule has 1 atom stereocenters. The van der Waals surface area contributed by atoms with Gasteiger partial charge in [-0.3, -0.25) is 9.89 Å². The fourth-order valence-corrected chi connectivity index (χ4v) is 3.90. The smallest absolute Gasteiger partial charge is 0.269 e. The monoisotopic (exact) mass is 427 g/mol. The van der Waals surface area contributed by atoms with Crippen molar-refractivity contribution in [2.24, 2.45) is 0 Å². The van der Waals surface area contributed by atoms with Crippen LogP contribution in [0.3, 0.4) is 0 Å². The van der Waals surface area contributed by atoms with Gasteiger partial charge < -0.3 is 15.2 Å². The topological polar surface area (TPSA) is 87.2 Å². The predicted octanol–water partition coefficient (Wildman–Crippen LogP) is 4.71. The van der Waals surface area contributed by atoms with Crippen molar-refractivity contribution >= 4 is 11.7 Å². The Bertz CT molecular complexity index is 1190. The summed E-state index contributed by atoms with van der Waals surface area (Å²) in [6.07, 6.45) is 0.995. The lowest BCUT2D eigenvalue weighted by molar-refractivity contribution is -0.131. The van der Waals surface area contributed by atoms with Crippen molar-refractivity contribution in [1.29, 1.82) is 0 Å². The summed E-state index contributed by atoms with van der Waals surface area (Å²) in [5, 5.41) is 19.7. The highest BCUT2D eigenvalue weighted by Gasteiger charge is 2.41. The van der Waals surface area contributed by atoms with E-state index >= 15 is 0 Å². The average molecular weight is 427 g/mol. The number of amides is 1. The minimum absolute atomic E-state index is 0.218. The molecule has 0 bridgehead atoms. The van der Waals surface area contributed by atoms with Crippen LogP contribution in [0.2, 0.25) is 0 Å². The lowest BCUT2D eigenvalue weighted by Crippen LogP contribution is -2.48. The van der Waals surface area contributed by atoms with Gasteiger partial charge in [-0.1, -0.05) is 0 Å². The molecule has 162 valence electrons. The van der Waals surface area contributed by atoms with E-state index in [1.165, 1.54) is 18.2 Å². The van der Waals surface area contributed by atoms with Crippen molar-refractivity contribution in [2.45, 2.75) is 46.1 Å². The first-order valence-corrected chi connectivity index (χ1v) is 9.93. The van der Waals surface area contributed by atoms with E-state index in [2.05, 4.69) is 15.5 Å². The van der Waals surface area contributed by atoms with Crippen molar-refractivity contribution in [3.8, 4) is 22.8 Å². The SMILES string of the molecule is Cc1c(C)c2c(c(C)c1O)CCC(C)(C(=O)Nc1cc(-c3cc(F)cc(F)c3)[nH]n1)O2. The van der Waals surface area contributed by atoms with Crippen LogP contribution in [0, 0.1) is 32.4 Å². The zero-order valence-electron chi connectivity index (χ0n) is 17.7. The molecule has 3 N–H and O–H groups in total. The van der Waals surface area contributed by atoms with E-state index < -0.39 is 17.2 Å². The standard InChI is InChI=1S/C23H23F2N3O3/c1-11-12(2)21-17(13(3)20(11)29)5-6-23(4,31-21)22(30)26-19-10-18(27-28-19)14-7-15(24)9-16(25)8-14/h7-10,29H,5-6H2,1-4H3,(H2,26,27,28,30). The Morgan fingerprint density at radius 3 is 2.48 bits per heavy atom. The van der Waals surface area contributed by atoms with Gasteiger partial charge in [-0.2, -0.15) is 5.10 Å². The molecule has 8 heteroatoms. The molecule has 3 aromatic rings. The van der Waals surface area contributed by atoms with Gasteiger partial charge in [0.2, 0.25) is 0 Å². The number of nitrogens with zero attached hydrogens (tertiary/aromatic N) is 1. The molecule has 1 amide bonds. The first kappa shape index (κ1) is 20.8. The quantitative estimate of drug-likeness (QED) is 0.565. The van der Waals surface area contributed by atoms with Gasteiger partial charge >= 0.3 is 0 Å². The summed E-state index contributed by atoms with van der Waals surface area (Å²) in [6.45, 7) is 7.22. The Kier molecular flexibility index (Phi) is 4.95. The van der Waals surface area contributed by atoms with Crippen LogP contribution in [0.25, 0.3) is 11.3 Å². The fourth-order valence-electron chi connectivity index (χ4n) is 3.90. The maximum absolute atomic E-state index is 13.5. The Morgan fingerprint density at radius 2 is 1.81 bits per heavy atom. The third-order valence-corrected chi connectivity index (χ3v) is 5.99. The molecule has 6 nitrogen and oxygen atoms in total. The van der Waals surface area contributed by atoms with Crippen LogP contribution in [-0.2, 0) is 11.2 Å². The summed E-state index contributed by atoms with van der Waals surface area (Å²) < 4.78 is 33.1. The van der Waals surface area contributed by atoms with Gasteiger partial charge in [0.1, 0.15) is 23.1 Å². The van der Waals surface area contributed by atoms with Crippen LogP contribution >= 0.6 is 0 Å². The van der Waals surface area contributed by atoms with E-state index in [0.717, 1.165) is 28.3 Å². The van der Waals surface area contributed by atoms with Crippen LogP contribution in [-0.4, -0.2) is 26.8 Å². The number of H-pyrrole nitrogens is 1. The number of aromatic amines is 1. The molecule has 1 aliphatic heterocycles. The molecule has 0 saturated carbocycles. The first-order valence-electron chi connectivity index (χ1n) is 9.93. The second-order valence-corrected chi connectivity index (χ2v) is 8.14. The maximum atomic E-state index is 13.5. The maximum Gasteiger partial charge on any atom is 0.269 e. The number of anilines is 1. The van der Waals surface area contributed by atoms with E-state index in [9.17, 15) is 18.7 Å². The minimum Gasteiger partial charge on any atom is -0.507 e. The van der Waals surface area contributed by atoms with Gasteiger partial charge in [0.05, 0.1) is 5.69 Å². The third kappa shape index (κ3) is 3.62. The molecular formula is C23H23F2N3O3. The van der Waals surface area contributed by atoms with Crippen molar-refractivity contribution in [1.82, 2.24) is 10.2 Å². The third-order valence-electron chi connectivity index (χ3n) is 5.99. The second-order valence-electron chi connectivity index (χ2n) is 8.14. The van der Waals surface area contributed by atoms with Gasteiger partial charge in [-0.05, 0) is 62.9 Å². The van der Waals surface area contributed by atoms with Crippen molar-refractivity contribution in [3.05, 3.63) is 58.2 Å². The predicted molar refractivity (Wildman–Crippen MR) is 112 cm³/mol. The number of carbonyl (C=O) groups excluding carboxylic acids is 1. The van der Waals surface area contributed by atoms with Crippen LogP contribution in [0.1, 0.15) is 35.6 Å². The largest absolute Gasteiger partial charge is 0.507 e. The zero-order valence-corrected chi connectivity index (χ0v) is 17.7.